The van der Waals surface area contributed by atoms with Gasteiger partial charge in [0, 0.05) is 11.1 Å². The van der Waals surface area contributed by atoms with E-state index in [-0.39, 0.29) is 23.5 Å². The number of rotatable bonds is 2. The van der Waals surface area contributed by atoms with Gasteiger partial charge in [-0.2, -0.15) is 0 Å². The van der Waals surface area contributed by atoms with Crippen molar-refractivity contribution in [1.82, 2.24) is 0 Å². The minimum absolute atomic E-state index is 0.0253. The monoisotopic (exact) mass is 275 g/mol. The summed E-state index contributed by atoms with van der Waals surface area (Å²) < 4.78 is 13.5. The second-order valence-electron chi connectivity index (χ2n) is 5.38. The fourth-order valence-electron chi connectivity index (χ4n) is 2.50. The molecule has 0 radical (unpaired) electrons. The van der Waals surface area contributed by atoms with Gasteiger partial charge in [-0.1, -0.05) is 31.6 Å². The van der Waals surface area contributed by atoms with E-state index in [0.717, 1.165) is 25.7 Å². The van der Waals surface area contributed by atoms with Crippen molar-refractivity contribution in [3.05, 3.63) is 29.6 Å². The maximum Gasteiger partial charge on any atom is 0.230 e. The lowest BCUT2D eigenvalue weighted by Gasteiger charge is -2.22. The summed E-state index contributed by atoms with van der Waals surface area (Å²) in [4.78, 5) is 12.3. The lowest BCUT2D eigenvalue weighted by atomic mass is 9.88. The third-order valence-electron chi connectivity index (χ3n) is 3.78. The third kappa shape index (κ3) is 3.17. The number of carbonyl (C=O) groups is 1. The first-order valence-corrected chi connectivity index (χ1v) is 6.76. The number of amides is 1. The smallest absolute Gasteiger partial charge is 0.230 e. The number of anilines is 1. The molecule has 1 amide bonds. The summed E-state index contributed by atoms with van der Waals surface area (Å²) in [6.07, 6.45) is 3.91. The SMILES string of the molecule is CC1(C(=O)Nc2ccc(F)c(C#CCO)c2)CCCC1. The van der Waals surface area contributed by atoms with Crippen molar-refractivity contribution in [2.45, 2.75) is 32.6 Å². The molecule has 0 saturated heterocycles. The Hall–Kier alpha value is -1.86. The molecule has 0 aromatic heterocycles. The van der Waals surface area contributed by atoms with Crippen LogP contribution in [0.1, 0.15) is 38.2 Å². The summed E-state index contributed by atoms with van der Waals surface area (Å²) in [5, 5.41) is 11.5. The Balaban J connectivity index is 2.15. The van der Waals surface area contributed by atoms with Crippen LogP contribution in [0.5, 0.6) is 0 Å². The topological polar surface area (TPSA) is 49.3 Å². The number of hydrogen-bond donors (Lipinski definition) is 2. The van der Waals surface area contributed by atoms with Gasteiger partial charge in [0.15, 0.2) is 0 Å². The van der Waals surface area contributed by atoms with E-state index >= 15 is 0 Å². The predicted octanol–water partition coefficient (Wildman–Crippen LogP) is 2.69. The highest BCUT2D eigenvalue weighted by Gasteiger charge is 2.36. The van der Waals surface area contributed by atoms with E-state index in [9.17, 15) is 9.18 Å². The average Bonchev–Trinajstić information content (AvgIpc) is 2.87. The second-order valence-corrected chi connectivity index (χ2v) is 5.38. The molecule has 1 aromatic carbocycles. The van der Waals surface area contributed by atoms with Crippen molar-refractivity contribution in [1.29, 1.82) is 0 Å². The summed E-state index contributed by atoms with van der Waals surface area (Å²) in [5.74, 6) is 4.44. The predicted molar refractivity (Wildman–Crippen MR) is 75.6 cm³/mol. The van der Waals surface area contributed by atoms with Crippen LogP contribution in [-0.2, 0) is 4.79 Å². The first-order chi connectivity index (χ1) is 9.55. The zero-order chi connectivity index (χ0) is 14.6. The molecule has 2 N–H and O–H groups in total. The van der Waals surface area contributed by atoms with Crippen LogP contribution >= 0.6 is 0 Å². The van der Waals surface area contributed by atoms with Gasteiger partial charge in [0.05, 0.1) is 5.56 Å². The van der Waals surface area contributed by atoms with Crippen LogP contribution < -0.4 is 5.32 Å². The van der Waals surface area contributed by atoms with Crippen molar-refractivity contribution in [2.24, 2.45) is 5.41 Å². The normalized spacial score (nSPS) is 16.4. The maximum atomic E-state index is 13.5. The molecule has 4 heteroatoms. The van der Waals surface area contributed by atoms with Crippen molar-refractivity contribution in [3.8, 4) is 11.8 Å². The molecule has 3 nitrogen and oxygen atoms in total. The van der Waals surface area contributed by atoms with Gasteiger partial charge in [0.2, 0.25) is 5.91 Å². The molecule has 20 heavy (non-hydrogen) atoms. The molecule has 1 aliphatic carbocycles. The minimum atomic E-state index is -0.462. The van der Waals surface area contributed by atoms with Gasteiger partial charge >= 0.3 is 0 Å². The third-order valence-corrected chi connectivity index (χ3v) is 3.78. The number of nitrogens with one attached hydrogen (secondary N) is 1. The Bertz CT molecular complexity index is 566. The van der Waals surface area contributed by atoms with Crippen LogP contribution in [0, 0.1) is 23.1 Å². The Morgan fingerprint density at radius 1 is 1.45 bits per heavy atom. The van der Waals surface area contributed by atoms with Gasteiger partial charge in [-0.25, -0.2) is 4.39 Å². The number of hydrogen-bond acceptors (Lipinski definition) is 2. The van der Waals surface area contributed by atoms with Crippen LogP contribution in [-0.4, -0.2) is 17.6 Å². The van der Waals surface area contributed by atoms with E-state index in [1.165, 1.54) is 18.2 Å². The standard InChI is InChI=1S/C16H18FNO2/c1-16(8-2-3-9-16)15(20)18-13-6-7-14(17)12(11-13)5-4-10-19/h6-7,11,19H,2-3,8-10H2,1H3,(H,18,20). The number of carbonyl (C=O) groups excluding carboxylic acids is 1. The molecule has 106 valence electrons. The fourth-order valence-corrected chi connectivity index (χ4v) is 2.50. The Kier molecular flexibility index (Phi) is 4.41. The van der Waals surface area contributed by atoms with Crippen LogP contribution in [0.4, 0.5) is 10.1 Å². The van der Waals surface area contributed by atoms with E-state index in [4.69, 9.17) is 5.11 Å². The number of aliphatic hydroxyl groups excluding tert-OH is 1. The molecule has 0 aliphatic heterocycles. The summed E-state index contributed by atoms with van der Waals surface area (Å²) in [6.45, 7) is 1.64. The summed E-state index contributed by atoms with van der Waals surface area (Å²) in [7, 11) is 0. The van der Waals surface area contributed by atoms with Crippen molar-refractivity contribution in [3.63, 3.8) is 0 Å². The average molecular weight is 275 g/mol. The van der Waals surface area contributed by atoms with Crippen molar-refractivity contribution >= 4 is 11.6 Å². The molecule has 0 atom stereocenters. The second kappa shape index (κ2) is 6.06. The van der Waals surface area contributed by atoms with E-state index < -0.39 is 5.82 Å². The first kappa shape index (κ1) is 14.5. The molecule has 1 saturated carbocycles. The van der Waals surface area contributed by atoms with Crippen LogP contribution in [0.15, 0.2) is 18.2 Å². The van der Waals surface area contributed by atoms with Gasteiger partial charge in [0.1, 0.15) is 12.4 Å². The summed E-state index contributed by atoms with van der Waals surface area (Å²) >= 11 is 0. The molecule has 0 heterocycles. The zero-order valence-corrected chi connectivity index (χ0v) is 11.5. The highest BCUT2D eigenvalue weighted by Crippen LogP contribution is 2.38. The Morgan fingerprint density at radius 3 is 2.80 bits per heavy atom. The van der Waals surface area contributed by atoms with Gasteiger partial charge < -0.3 is 10.4 Å². The van der Waals surface area contributed by atoms with Gasteiger partial charge in [-0.15, -0.1) is 0 Å². The summed E-state index contributed by atoms with van der Waals surface area (Å²) in [6, 6.07) is 4.29. The fraction of sp³-hybridized carbons (Fsp3) is 0.438. The van der Waals surface area contributed by atoms with Crippen LogP contribution in [0.25, 0.3) is 0 Å². The van der Waals surface area contributed by atoms with E-state index in [1.807, 2.05) is 6.92 Å². The number of benzene rings is 1. The Labute approximate surface area is 118 Å². The van der Waals surface area contributed by atoms with Gasteiger partial charge in [-0.3, -0.25) is 4.79 Å². The Morgan fingerprint density at radius 2 is 2.15 bits per heavy atom. The maximum absolute atomic E-state index is 13.5. The number of aliphatic hydroxyl groups is 1. The molecule has 1 fully saturated rings. The van der Waals surface area contributed by atoms with Crippen molar-refractivity contribution < 1.29 is 14.3 Å². The van der Waals surface area contributed by atoms with Gasteiger partial charge in [0.25, 0.3) is 0 Å². The summed E-state index contributed by atoms with van der Waals surface area (Å²) in [5.41, 5.74) is 0.380. The largest absolute Gasteiger partial charge is 0.384 e. The molecule has 0 spiro atoms. The molecule has 1 aliphatic rings. The van der Waals surface area contributed by atoms with Crippen LogP contribution in [0.3, 0.4) is 0 Å². The van der Waals surface area contributed by atoms with E-state index in [0.29, 0.717) is 5.69 Å². The first-order valence-electron chi connectivity index (χ1n) is 6.76. The number of halogens is 1. The molecule has 1 aromatic rings. The van der Waals surface area contributed by atoms with E-state index in [1.54, 1.807) is 0 Å². The quantitative estimate of drug-likeness (QED) is 0.815. The molecule has 0 unspecified atom stereocenters. The molecular formula is C16H18FNO2. The van der Waals surface area contributed by atoms with Gasteiger partial charge in [-0.05, 0) is 31.0 Å². The molecule has 2 rings (SSSR count). The minimum Gasteiger partial charge on any atom is -0.384 e. The van der Waals surface area contributed by atoms with Crippen LogP contribution in [0.2, 0.25) is 0 Å². The lowest BCUT2D eigenvalue weighted by molar-refractivity contribution is -0.124. The van der Waals surface area contributed by atoms with E-state index in [2.05, 4.69) is 17.2 Å². The molecular weight excluding hydrogens is 257 g/mol. The highest BCUT2D eigenvalue weighted by molar-refractivity contribution is 5.95. The highest BCUT2D eigenvalue weighted by atomic mass is 19.1. The molecule has 0 bridgehead atoms. The lowest BCUT2D eigenvalue weighted by Crippen LogP contribution is -2.30. The van der Waals surface area contributed by atoms with Crippen molar-refractivity contribution in [2.75, 3.05) is 11.9 Å². The zero-order valence-electron chi connectivity index (χ0n) is 11.5.